The van der Waals surface area contributed by atoms with E-state index in [0.717, 1.165) is 18.4 Å². The maximum Gasteiger partial charge on any atom is 0.338 e. The molecule has 1 aromatic carbocycles. The summed E-state index contributed by atoms with van der Waals surface area (Å²) in [5, 5.41) is 0. The molecule has 10 atom stereocenters. The van der Waals surface area contributed by atoms with Gasteiger partial charge < -0.3 is 9.47 Å². The van der Waals surface area contributed by atoms with Gasteiger partial charge >= 0.3 is 11.9 Å². The summed E-state index contributed by atoms with van der Waals surface area (Å²) in [6.45, 7) is 21.8. The van der Waals surface area contributed by atoms with Crippen molar-refractivity contribution in [1.29, 1.82) is 0 Å². The van der Waals surface area contributed by atoms with Gasteiger partial charge in [0.2, 0.25) is 0 Å². The Morgan fingerprint density at radius 2 is 1.53 bits per heavy atom. The van der Waals surface area contributed by atoms with Crippen LogP contribution in [0.4, 0.5) is 0 Å². The number of hydrogen-bond acceptors (Lipinski definition) is 4. The predicted octanol–water partition coefficient (Wildman–Crippen LogP) is 9.43. The average molecular weight is 589 g/mol. The van der Waals surface area contributed by atoms with Gasteiger partial charge in [0.15, 0.2) is 0 Å². The van der Waals surface area contributed by atoms with Gasteiger partial charge in [-0.15, -0.1) is 0 Å². The molecule has 0 spiro atoms. The van der Waals surface area contributed by atoms with Crippen molar-refractivity contribution in [2.45, 2.75) is 119 Å². The zero-order valence-corrected chi connectivity index (χ0v) is 28.0. The molecule has 5 fully saturated rings. The third-order valence-corrected chi connectivity index (χ3v) is 15.0. The van der Waals surface area contributed by atoms with E-state index >= 15 is 0 Å². The second-order valence-corrected chi connectivity index (χ2v) is 17.1. The lowest BCUT2D eigenvalue weighted by atomic mass is 9.32. The summed E-state index contributed by atoms with van der Waals surface area (Å²) < 4.78 is 11.8. The Morgan fingerprint density at radius 3 is 2.23 bits per heavy atom. The molecule has 0 N–H and O–H groups in total. The quantitative estimate of drug-likeness (QED) is 0.254. The van der Waals surface area contributed by atoms with Crippen molar-refractivity contribution < 1.29 is 19.1 Å². The second kappa shape index (κ2) is 10.5. The van der Waals surface area contributed by atoms with Crippen molar-refractivity contribution in [2.75, 3.05) is 6.61 Å². The van der Waals surface area contributed by atoms with Crippen LogP contribution in [0, 0.1) is 56.7 Å². The summed E-state index contributed by atoms with van der Waals surface area (Å²) in [4.78, 5) is 24.8. The Balaban J connectivity index is 1.24. The first-order chi connectivity index (χ1) is 20.2. The lowest BCUT2D eigenvalue weighted by molar-refractivity contribution is -0.249. The van der Waals surface area contributed by atoms with Gasteiger partial charge in [0.1, 0.15) is 12.7 Å². The minimum absolute atomic E-state index is 0.00559. The summed E-state index contributed by atoms with van der Waals surface area (Å²) in [6, 6.07) is 9.33. The molecule has 5 saturated carbocycles. The van der Waals surface area contributed by atoms with Gasteiger partial charge in [0.25, 0.3) is 0 Å². The van der Waals surface area contributed by atoms with Crippen LogP contribution in [0.1, 0.15) is 123 Å². The maximum atomic E-state index is 12.8. The first-order valence-electron chi connectivity index (χ1n) is 17.2. The third kappa shape index (κ3) is 4.58. The first kappa shape index (κ1) is 30.9. The standard InChI is InChI=1S/C39H56O4/c1-25(24-42-34(41)27-12-10-9-11-13-27)28-16-19-36(5)22-23-38(7)29(33(28)36)14-15-31-37(6)20-18-32(43-26(2)40)35(3,4)30(37)17-21-39(31,38)8/h9-13,28-33H,1,14-24H2,2-8H3/t28-,29+,30-,31+,32-,33+,36+,37-,38+,39+/m0/s1. The SMILES string of the molecule is C=C(COC(=O)c1ccccc1)[C@@H]1CC[C@]2(C)CC[C@]3(C)[C@H](CC[C@@H]4[C@@]5(C)CC[C@H](OC(C)=O)C(C)(C)[C@@H]5CC[C@]43C)[C@@H]12. The van der Waals surface area contributed by atoms with Gasteiger partial charge in [-0.3, -0.25) is 4.79 Å². The minimum Gasteiger partial charge on any atom is -0.462 e. The summed E-state index contributed by atoms with van der Waals surface area (Å²) >= 11 is 0. The van der Waals surface area contributed by atoms with Crippen molar-refractivity contribution >= 4 is 11.9 Å². The van der Waals surface area contributed by atoms with Gasteiger partial charge in [0, 0.05) is 12.3 Å². The molecule has 0 unspecified atom stereocenters. The number of ether oxygens (including phenoxy) is 2. The van der Waals surface area contributed by atoms with E-state index in [1.807, 2.05) is 30.3 Å². The van der Waals surface area contributed by atoms with Gasteiger partial charge in [0.05, 0.1) is 5.56 Å². The molecule has 1 aromatic rings. The third-order valence-electron chi connectivity index (χ3n) is 15.0. The molecular weight excluding hydrogens is 532 g/mol. The molecule has 4 heteroatoms. The highest BCUT2D eigenvalue weighted by Gasteiger charge is 2.70. The number of hydrogen-bond donors (Lipinski definition) is 0. The van der Waals surface area contributed by atoms with Gasteiger partial charge in [-0.25, -0.2) is 4.79 Å². The lowest BCUT2D eigenvalue weighted by Crippen LogP contribution is -2.66. The van der Waals surface area contributed by atoms with Crippen molar-refractivity contribution in [2.24, 2.45) is 56.7 Å². The van der Waals surface area contributed by atoms with E-state index in [0.29, 0.717) is 52.6 Å². The molecule has 5 aliphatic carbocycles. The summed E-state index contributed by atoms with van der Waals surface area (Å²) in [6.07, 6.45) is 12.3. The van der Waals surface area contributed by atoms with E-state index in [1.54, 1.807) is 6.92 Å². The number of carbonyl (C=O) groups excluding carboxylic acids is 2. The highest BCUT2D eigenvalue weighted by atomic mass is 16.5. The zero-order valence-electron chi connectivity index (χ0n) is 28.0. The fraction of sp³-hybridized carbons (Fsp3) is 0.744. The van der Waals surface area contributed by atoms with Crippen LogP contribution in [0.5, 0.6) is 0 Å². The number of carbonyl (C=O) groups is 2. The summed E-state index contributed by atoms with van der Waals surface area (Å²) in [7, 11) is 0. The Bertz CT molecular complexity index is 1270. The van der Waals surface area contributed by atoms with E-state index in [4.69, 9.17) is 9.47 Å². The molecule has 43 heavy (non-hydrogen) atoms. The average Bonchev–Trinajstić information content (AvgIpc) is 3.31. The van der Waals surface area contributed by atoms with E-state index in [2.05, 4.69) is 48.1 Å². The molecule has 0 aromatic heterocycles. The van der Waals surface area contributed by atoms with E-state index in [1.165, 1.54) is 51.4 Å². The molecular formula is C39H56O4. The van der Waals surface area contributed by atoms with E-state index in [9.17, 15) is 9.59 Å². The number of rotatable bonds is 5. The van der Waals surface area contributed by atoms with Crippen molar-refractivity contribution in [1.82, 2.24) is 0 Å². The molecule has 4 nitrogen and oxygen atoms in total. The first-order valence-corrected chi connectivity index (χ1v) is 17.2. The Morgan fingerprint density at radius 1 is 0.814 bits per heavy atom. The highest BCUT2D eigenvalue weighted by molar-refractivity contribution is 5.89. The van der Waals surface area contributed by atoms with Crippen LogP contribution < -0.4 is 0 Å². The lowest BCUT2D eigenvalue weighted by Gasteiger charge is -2.73. The van der Waals surface area contributed by atoms with Crippen LogP contribution in [0.25, 0.3) is 0 Å². The molecule has 236 valence electrons. The molecule has 0 aliphatic heterocycles. The highest BCUT2D eigenvalue weighted by Crippen LogP contribution is 2.77. The van der Waals surface area contributed by atoms with E-state index in [-0.39, 0.29) is 34.3 Å². The molecule has 0 heterocycles. The van der Waals surface area contributed by atoms with Gasteiger partial charge in [-0.05, 0) is 133 Å². The van der Waals surface area contributed by atoms with Crippen molar-refractivity contribution in [3.63, 3.8) is 0 Å². The normalized spacial score (nSPS) is 44.6. The number of fused-ring (bicyclic) bond motifs is 7. The molecule has 0 radical (unpaired) electrons. The van der Waals surface area contributed by atoms with Crippen LogP contribution in [0.2, 0.25) is 0 Å². The largest absolute Gasteiger partial charge is 0.462 e. The fourth-order valence-corrected chi connectivity index (χ4v) is 12.7. The van der Waals surface area contributed by atoms with Gasteiger partial charge in [-0.1, -0.05) is 66.3 Å². The molecule has 0 saturated heterocycles. The molecule has 6 rings (SSSR count). The monoisotopic (exact) mass is 588 g/mol. The zero-order chi connectivity index (χ0) is 31.0. The Hall–Kier alpha value is -2.10. The number of benzene rings is 1. The number of esters is 2. The minimum atomic E-state index is -0.250. The fourth-order valence-electron chi connectivity index (χ4n) is 12.7. The second-order valence-electron chi connectivity index (χ2n) is 17.1. The molecule has 0 amide bonds. The molecule has 0 bridgehead atoms. The summed E-state index contributed by atoms with van der Waals surface area (Å²) in [5.41, 5.74) is 2.92. The van der Waals surface area contributed by atoms with Gasteiger partial charge in [-0.2, -0.15) is 0 Å². The summed E-state index contributed by atoms with van der Waals surface area (Å²) in [5.74, 6) is 2.58. The van der Waals surface area contributed by atoms with Crippen LogP contribution >= 0.6 is 0 Å². The predicted molar refractivity (Wildman–Crippen MR) is 171 cm³/mol. The van der Waals surface area contributed by atoms with Crippen LogP contribution in [0.15, 0.2) is 42.5 Å². The van der Waals surface area contributed by atoms with Crippen molar-refractivity contribution in [3.8, 4) is 0 Å². The molecule has 5 aliphatic rings. The van der Waals surface area contributed by atoms with Crippen LogP contribution in [0.3, 0.4) is 0 Å². The Kier molecular flexibility index (Phi) is 7.53. The van der Waals surface area contributed by atoms with Crippen LogP contribution in [-0.4, -0.2) is 24.6 Å². The smallest absolute Gasteiger partial charge is 0.338 e. The Labute approximate surface area is 260 Å². The van der Waals surface area contributed by atoms with E-state index < -0.39 is 0 Å². The topological polar surface area (TPSA) is 52.6 Å². The van der Waals surface area contributed by atoms with Crippen molar-refractivity contribution in [3.05, 3.63) is 48.0 Å². The maximum absolute atomic E-state index is 12.8. The van der Waals surface area contributed by atoms with Crippen LogP contribution in [-0.2, 0) is 14.3 Å².